The predicted molar refractivity (Wildman–Crippen MR) is 73.2 cm³/mol. The van der Waals surface area contributed by atoms with Crippen molar-refractivity contribution in [2.75, 3.05) is 0 Å². The molecule has 123 valence electrons. The summed E-state index contributed by atoms with van der Waals surface area (Å²) in [5.74, 6) is 1.51. The standard InChI is InChI=1S/C14H32N2.2BrH.Cu/c1-9(2)13(15,10(3)4)14(16,11(5)6)12(7)8;;;/h9-12H,15-16H2,1-8H3;2*1H;/q;;;+2/p-2. The van der Waals surface area contributed by atoms with Gasteiger partial charge in [0, 0.05) is 11.1 Å². The molecule has 0 rings (SSSR count). The molecule has 0 aliphatic heterocycles. The molecule has 0 saturated carbocycles. The van der Waals surface area contributed by atoms with Crippen LogP contribution in [-0.2, 0) is 17.1 Å². The fraction of sp³-hybridized carbons (Fsp3) is 1.00. The number of halogens is 2. The van der Waals surface area contributed by atoms with Gasteiger partial charge in [0.1, 0.15) is 0 Å². The summed E-state index contributed by atoms with van der Waals surface area (Å²) in [7, 11) is 0. The second-order valence-electron chi connectivity index (χ2n) is 6.48. The van der Waals surface area contributed by atoms with Gasteiger partial charge in [-0.05, 0) is 23.7 Å². The van der Waals surface area contributed by atoms with E-state index in [1.807, 2.05) is 0 Å². The molecule has 0 atom stereocenters. The van der Waals surface area contributed by atoms with Crippen molar-refractivity contribution in [2.45, 2.75) is 66.5 Å². The van der Waals surface area contributed by atoms with E-state index >= 15 is 0 Å². The molecule has 0 aliphatic carbocycles. The van der Waals surface area contributed by atoms with Crippen molar-refractivity contribution in [3.63, 3.8) is 0 Å². The fourth-order valence-corrected chi connectivity index (χ4v) is 3.33. The van der Waals surface area contributed by atoms with Gasteiger partial charge in [-0.2, -0.15) is 0 Å². The van der Waals surface area contributed by atoms with Gasteiger partial charge in [0.2, 0.25) is 0 Å². The van der Waals surface area contributed by atoms with Crippen molar-refractivity contribution in [1.29, 1.82) is 0 Å². The zero-order valence-corrected chi connectivity index (χ0v) is 17.6. The van der Waals surface area contributed by atoms with Crippen LogP contribution in [0, 0.1) is 23.7 Å². The molecule has 0 aromatic carbocycles. The van der Waals surface area contributed by atoms with E-state index in [-0.39, 0.29) is 62.1 Å². The van der Waals surface area contributed by atoms with Crippen LogP contribution in [0.2, 0.25) is 0 Å². The molecule has 0 bridgehead atoms. The van der Waals surface area contributed by atoms with Crippen LogP contribution < -0.4 is 45.4 Å². The molecule has 2 nitrogen and oxygen atoms in total. The Hall–Kier alpha value is 1.40. The molecule has 0 unspecified atom stereocenters. The molecule has 0 spiro atoms. The van der Waals surface area contributed by atoms with Gasteiger partial charge >= 0.3 is 17.1 Å². The minimum absolute atomic E-state index is 0. The molecular weight excluding hydrogens is 420 g/mol. The predicted octanol–water partition coefficient (Wildman–Crippen LogP) is -2.99. The summed E-state index contributed by atoms with van der Waals surface area (Å²) in [4.78, 5) is 0. The molecule has 5 heteroatoms. The molecule has 4 N–H and O–H groups in total. The van der Waals surface area contributed by atoms with E-state index in [9.17, 15) is 0 Å². The second-order valence-corrected chi connectivity index (χ2v) is 6.48. The monoisotopic (exact) mass is 449 g/mol. The van der Waals surface area contributed by atoms with Gasteiger partial charge in [0.15, 0.2) is 0 Å². The summed E-state index contributed by atoms with van der Waals surface area (Å²) in [6.45, 7) is 17.5. The summed E-state index contributed by atoms with van der Waals surface area (Å²) in [5, 5.41) is 0. The molecule has 1 radical (unpaired) electrons. The Kier molecular flexibility index (Phi) is 15.3. The van der Waals surface area contributed by atoms with Crippen LogP contribution in [0.1, 0.15) is 55.4 Å². The summed E-state index contributed by atoms with van der Waals surface area (Å²) in [5.41, 5.74) is 12.8. The Balaban J connectivity index is -0.000000375. The van der Waals surface area contributed by atoms with Crippen LogP contribution in [0.25, 0.3) is 0 Å². The third kappa shape index (κ3) is 4.96. The first kappa shape index (κ1) is 28.5. The maximum atomic E-state index is 6.74. The molecule has 19 heavy (non-hydrogen) atoms. The number of nitrogens with two attached hydrogens (primary N) is 2. The Morgan fingerprint density at radius 3 is 0.684 bits per heavy atom. The largest absolute Gasteiger partial charge is 2.00 e. The summed E-state index contributed by atoms with van der Waals surface area (Å²) in [6.07, 6.45) is 0. The third-order valence-electron chi connectivity index (χ3n) is 4.57. The molecular formula is C14H32Br2CuN2. The third-order valence-corrected chi connectivity index (χ3v) is 4.57. The average molecular weight is 452 g/mol. The van der Waals surface area contributed by atoms with E-state index in [4.69, 9.17) is 11.5 Å². The zero-order valence-electron chi connectivity index (χ0n) is 13.5. The molecule has 0 heterocycles. The van der Waals surface area contributed by atoms with Gasteiger partial charge in [-0.15, -0.1) is 0 Å². The van der Waals surface area contributed by atoms with Crippen molar-refractivity contribution in [1.82, 2.24) is 0 Å². The fourth-order valence-electron chi connectivity index (χ4n) is 3.33. The van der Waals surface area contributed by atoms with E-state index in [0.29, 0.717) is 23.7 Å². The van der Waals surface area contributed by atoms with Gasteiger partial charge in [0.25, 0.3) is 0 Å². The van der Waals surface area contributed by atoms with Gasteiger partial charge in [0.05, 0.1) is 0 Å². The van der Waals surface area contributed by atoms with Gasteiger partial charge in [-0.1, -0.05) is 55.4 Å². The van der Waals surface area contributed by atoms with Crippen LogP contribution in [0.5, 0.6) is 0 Å². The topological polar surface area (TPSA) is 52.0 Å². The van der Waals surface area contributed by atoms with Crippen molar-refractivity contribution < 1.29 is 51.0 Å². The van der Waals surface area contributed by atoms with E-state index in [0.717, 1.165) is 0 Å². The van der Waals surface area contributed by atoms with Crippen molar-refractivity contribution >= 4 is 0 Å². The Morgan fingerprint density at radius 1 is 0.526 bits per heavy atom. The second kappa shape index (κ2) is 10.2. The van der Waals surface area contributed by atoms with E-state index in [2.05, 4.69) is 55.4 Å². The Morgan fingerprint density at radius 2 is 0.632 bits per heavy atom. The maximum absolute atomic E-state index is 6.74. The minimum atomic E-state index is -0.324. The molecule has 0 aromatic rings. The summed E-state index contributed by atoms with van der Waals surface area (Å²) >= 11 is 0. The van der Waals surface area contributed by atoms with Crippen molar-refractivity contribution in [2.24, 2.45) is 35.1 Å². The van der Waals surface area contributed by atoms with Crippen molar-refractivity contribution in [3.8, 4) is 0 Å². The van der Waals surface area contributed by atoms with Crippen LogP contribution >= 0.6 is 0 Å². The molecule has 0 fully saturated rings. The molecule has 0 aliphatic rings. The first-order chi connectivity index (χ1) is 7.02. The molecule has 0 amide bonds. The zero-order chi connectivity index (χ0) is 13.3. The Labute approximate surface area is 152 Å². The maximum Gasteiger partial charge on any atom is 2.00 e. The van der Waals surface area contributed by atoms with Crippen molar-refractivity contribution in [3.05, 3.63) is 0 Å². The summed E-state index contributed by atoms with van der Waals surface area (Å²) < 4.78 is 0. The van der Waals surface area contributed by atoms with E-state index in [1.165, 1.54) is 0 Å². The first-order valence-corrected chi connectivity index (χ1v) is 6.60. The smallest absolute Gasteiger partial charge is 1.00 e. The number of hydrogen-bond acceptors (Lipinski definition) is 2. The molecule has 0 aromatic heterocycles. The van der Waals surface area contributed by atoms with E-state index < -0.39 is 0 Å². The normalized spacial score (nSPS) is 12.3. The SMILES string of the molecule is CC(C)C(N)(C(C)C)C(N)(C(C)C)C(C)C.[Br-].[Br-].[Cu+2]. The Bertz CT molecular complexity index is 191. The average Bonchev–Trinajstić information content (AvgIpc) is 2.13. The number of hydrogen-bond donors (Lipinski definition) is 2. The van der Waals surface area contributed by atoms with Gasteiger partial charge in [-0.25, -0.2) is 0 Å². The summed E-state index contributed by atoms with van der Waals surface area (Å²) in [6, 6.07) is 0. The van der Waals surface area contributed by atoms with E-state index in [1.54, 1.807) is 0 Å². The van der Waals surface area contributed by atoms with Gasteiger partial charge < -0.3 is 45.4 Å². The quantitative estimate of drug-likeness (QED) is 0.438. The first-order valence-electron chi connectivity index (χ1n) is 6.60. The van der Waals surface area contributed by atoms with Crippen LogP contribution in [0.15, 0.2) is 0 Å². The van der Waals surface area contributed by atoms with Crippen LogP contribution in [0.3, 0.4) is 0 Å². The minimum Gasteiger partial charge on any atom is -1.00 e. The molecule has 0 saturated heterocycles. The van der Waals surface area contributed by atoms with Crippen LogP contribution in [-0.4, -0.2) is 11.1 Å². The van der Waals surface area contributed by atoms with Gasteiger partial charge in [-0.3, -0.25) is 0 Å². The van der Waals surface area contributed by atoms with Crippen LogP contribution in [0.4, 0.5) is 0 Å². The number of rotatable bonds is 5.